The second-order valence-electron chi connectivity index (χ2n) is 5.82. The van der Waals surface area contributed by atoms with Crippen molar-refractivity contribution in [3.8, 4) is 0 Å². The lowest BCUT2D eigenvalue weighted by molar-refractivity contribution is -0.0546. The molecule has 1 heteroatoms. The van der Waals surface area contributed by atoms with Gasteiger partial charge in [0.2, 0.25) is 0 Å². The molecular formula is C13H23N. The summed E-state index contributed by atoms with van der Waals surface area (Å²) in [7, 11) is 0. The maximum Gasteiger partial charge on any atom is -0.00144 e. The van der Waals surface area contributed by atoms with Crippen molar-refractivity contribution in [2.75, 3.05) is 13.1 Å². The number of fused-ring (bicyclic) bond motifs is 2. The Labute approximate surface area is 87.7 Å². The van der Waals surface area contributed by atoms with Gasteiger partial charge in [0.05, 0.1) is 0 Å². The number of nitrogens with one attached hydrogen (secondary N) is 1. The van der Waals surface area contributed by atoms with Gasteiger partial charge in [-0.1, -0.05) is 20.3 Å². The standard InChI is InChI=1S/C13H23N/c1-3-9-11-5-4-10(11)8(2)12-6-14-7-13(9)12/h8-14H,3-7H2,1-2H3. The van der Waals surface area contributed by atoms with Crippen LogP contribution in [0.2, 0.25) is 0 Å². The molecule has 80 valence electrons. The monoisotopic (exact) mass is 193 g/mol. The summed E-state index contributed by atoms with van der Waals surface area (Å²) in [6.45, 7) is 7.56. The molecule has 3 fully saturated rings. The molecule has 0 bridgehead atoms. The van der Waals surface area contributed by atoms with Crippen molar-refractivity contribution in [1.29, 1.82) is 0 Å². The maximum absolute atomic E-state index is 3.63. The van der Waals surface area contributed by atoms with E-state index in [-0.39, 0.29) is 0 Å². The lowest BCUT2D eigenvalue weighted by atomic mass is 9.50. The molecule has 6 atom stereocenters. The Balaban J connectivity index is 1.86. The van der Waals surface area contributed by atoms with Gasteiger partial charge in [-0.2, -0.15) is 0 Å². The second kappa shape index (κ2) is 3.23. The molecule has 1 saturated heterocycles. The zero-order valence-corrected chi connectivity index (χ0v) is 9.50. The third-order valence-electron chi connectivity index (χ3n) is 5.62. The van der Waals surface area contributed by atoms with E-state index < -0.39 is 0 Å². The van der Waals surface area contributed by atoms with E-state index in [2.05, 4.69) is 19.2 Å². The van der Waals surface area contributed by atoms with Crippen LogP contribution in [-0.4, -0.2) is 13.1 Å². The molecule has 1 nitrogen and oxygen atoms in total. The molecule has 0 aromatic rings. The van der Waals surface area contributed by atoms with E-state index >= 15 is 0 Å². The molecule has 2 aliphatic carbocycles. The molecule has 0 amide bonds. The molecular weight excluding hydrogens is 170 g/mol. The van der Waals surface area contributed by atoms with E-state index in [1.165, 1.54) is 32.4 Å². The Morgan fingerprint density at radius 2 is 1.71 bits per heavy atom. The zero-order valence-electron chi connectivity index (χ0n) is 9.50. The number of hydrogen-bond acceptors (Lipinski definition) is 1. The van der Waals surface area contributed by atoms with Gasteiger partial charge in [-0.05, 0) is 61.4 Å². The number of rotatable bonds is 1. The van der Waals surface area contributed by atoms with Gasteiger partial charge in [0, 0.05) is 0 Å². The summed E-state index contributed by atoms with van der Waals surface area (Å²) in [6, 6.07) is 0. The van der Waals surface area contributed by atoms with Crippen LogP contribution in [0.3, 0.4) is 0 Å². The molecule has 0 spiro atoms. The van der Waals surface area contributed by atoms with Gasteiger partial charge in [-0.15, -0.1) is 0 Å². The van der Waals surface area contributed by atoms with Crippen LogP contribution >= 0.6 is 0 Å². The van der Waals surface area contributed by atoms with Gasteiger partial charge >= 0.3 is 0 Å². The Kier molecular flexibility index (Phi) is 2.12. The Morgan fingerprint density at radius 3 is 2.36 bits per heavy atom. The smallest absolute Gasteiger partial charge is 0.00144 e. The van der Waals surface area contributed by atoms with Gasteiger partial charge in [0.25, 0.3) is 0 Å². The highest BCUT2D eigenvalue weighted by Crippen LogP contribution is 2.56. The lowest BCUT2D eigenvalue weighted by Gasteiger charge is -2.54. The molecule has 0 aromatic carbocycles. The average molecular weight is 193 g/mol. The SMILES string of the molecule is CCC1C2CCC2C(C)C2CNCC21. The molecule has 3 rings (SSSR count). The molecule has 1 heterocycles. The third kappa shape index (κ3) is 1.05. The normalized spacial score (nSPS) is 56.1. The van der Waals surface area contributed by atoms with Crippen LogP contribution < -0.4 is 5.32 Å². The Hall–Kier alpha value is -0.0400. The van der Waals surface area contributed by atoms with E-state index in [4.69, 9.17) is 0 Å². The van der Waals surface area contributed by atoms with Gasteiger partial charge in [0.1, 0.15) is 0 Å². The van der Waals surface area contributed by atoms with E-state index in [1.54, 1.807) is 0 Å². The van der Waals surface area contributed by atoms with Crippen LogP contribution in [0, 0.1) is 35.5 Å². The van der Waals surface area contributed by atoms with Crippen LogP contribution in [0.25, 0.3) is 0 Å². The minimum absolute atomic E-state index is 1.01. The molecule has 1 aliphatic heterocycles. The molecule has 0 aromatic heterocycles. The van der Waals surface area contributed by atoms with Crippen LogP contribution in [0.5, 0.6) is 0 Å². The first kappa shape index (κ1) is 9.21. The Bertz CT molecular complexity index is 225. The van der Waals surface area contributed by atoms with Gasteiger partial charge in [-0.3, -0.25) is 0 Å². The highest BCUT2D eigenvalue weighted by Gasteiger charge is 2.52. The number of hydrogen-bond donors (Lipinski definition) is 1. The van der Waals surface area contributed by atoms with Crippen molar-refractivity contribution >= 4 is 0 Å². The van der Waals surface area contributed by atoms with Crippen molar-refractivity contribution in [3.05, 3.63) is 0 Å². The zero-order chi connectivity index (χ0) is 9.71. The second-order valence-corrected chi connectivity index (χ2v) is 5.82. The van der Waals surface area contributed by atoms with Crippen molar-refractivity contribution in [3.63, 3.8) is 0 Å². The van der Waals surface area contributed by atoms with Gasteiger partial charge in [0.15, 0.2) is 0 Å². The summed E-state index contributed by atoms with van der Waals surface area (Å²) in [5, 5.41) is 3.63. The van der Waals surface area contributed by atoms with Crippen molar-refractivity contribution in [2.24, 2.45) is 35.5 Å². The van der Waals surface area contributed by atoms with Crippen molar-refractivity contribution < 1.29 is 0 Å². The molecule has 0 radical (unpaired) electrons. The van der Waals surface area contributed by atoms with Crippen molar-refractivity contribution in [2.45, 2.75) is 33.1 Å². The maximum atomic E-state index is 3.63. The molecule has 6 unspecified atom stereocenters. The molecule has 3 aliphatic rings. The van der Waals surface area contributed by atoms with E-state index in [9.17, 15) is 0 Å². The first-order chi connectivity index (χ1) is 6.83. The first-order valence-corrected chi connectivity index (χ1v) is 6.53. The lowest BCUT2D eigenvalue weighted by Crippen LogP contribution is -2.49. The summed E-state index contributed by atoms with van der Waals surface area (Å²) in [5.41, 5.74) is 0. The van der Waals surface area contributed by atoms with Crippen LogP contribution in [0.1, 0.15) is 33.1 Å². The fraction of sp³-hybridized carbons (Fsp3) is 1.00. The van der Waals surface area contributed by atoms with Gasteiger partial charge in [-0.25, -0.2) is 0 Å². The quantitative estimate of drug-likeness (QED) is 0.675. The van der Waals surface area contributed by atoms with Crippen LogP contribution in [0.15, 0.2) is 0 Å². The van der Waals surface area contributed by atoms with Crippen LogP contribution in [-0.2, 0) is 0 Å². The minimum Gasteiger partial charge on any atom is -0.316 e. The Morgan fingerprint density at radius 1 is 1.00 bits per heavy atom. The average Bonchev–Trinajstić information content (AvgIpc) is 2.58. The largest absolute Gasteiger partial charge is 0.316 e. The summed E-state index contributed by atoms with van der Waals surface area (Å²) in [5.74, 6) is 6.32. The van der Waals surface area contributed by atoms with Crippen molar-refractivity contribution in [1.82, 2.24) is 5.32 Å². The molecule has 2 saturated carbocycles. The summed E-state index contributed by atoms with van der Waals surface area (Å²) >= 11 is 0. The van der Waals surface area contributed by atoms with E-state index in [0.29, 0.717) is 0 Å². The van der Waals surface area contributed by atoms with E-state index in [1.807, 2.05) is 0 Å². The van der Waals surface area contributed by atoms with Gasteiger partial charge < -0.3 is 5.32 Å². The molecule has 14 heavy (non-hydrogen) atoms. The highest BCUT2D eigenvalue weighted by molar-refractivity contribution is 5.02. The fourth-order valence-corrected chi connectivity index (χ4v) is 4.74. The minimum atomic E-state index is 1.01. The summed E-state index contributed by atoms with van der Waals surface area (Å²) in [6.07, 6.45) is 4.50. The van der Waals surface area contributed by atoms with E-state index in [0.717, 1.165) is 35.5 Å². The summed E-state index contributed by atoms with van der Waals surface area (Å²) < 4.78 is 0. The summed E-state index contributed by atoms with van der Waals surface area (Å²) in [4.78, 5) is 0. The third-order valence-corrected chi connectivity index (χ3v) is 5.62. The first-order valence-electron chi connectivity index (χ1n) is 6.53. The highest BCUT2D eigenvalue weighted by atomic mass is 14.9. The fourth-order valence-electron chi connectivity index (χ4n) is 4.74. The predicted molar refractivity (Wildman–Crippen MR) is 59.0 cm³/mol. The topological polar surface area (TPSA) is 12.0 Å². The predicted octanol–water partition coefficient (Wildman–Crippen LogP) is 2.52. The van der Waals surface area contributed by atoms with Crippen LogP contribution in [0.4, 0.5) is 0 Å². The molecule has 1 N–H and O–H groups in total.